The largest absolute Gasteiger partial charge is 0.349 e. The molecular weight excluding hydrogens is 360 g/mol. The number of amides is 1. The average molecular weight is 382 g/mol. The van der Waals surface area contributed by atoms with Crippen molar-refractivity contribution in [3.8, 4) is 16.8 Å². The van der Waals surface area contributed by atoms with Gasteiger partial charge in [0, 0.05) is 0 Å². The van der Waals surface area contributed by atoms with Gasteiger partial charge in [0.25, 0.3) is 0 Å². The summed E-state index contributed by atoms with van der Waals surface area (Å²) < 4.78 is 1.70. The Balaban J connectivity index is 1.35. The lowest BCUT2D eigenvalue weighted by Crippen LogP contribution is -2.28. The van der Waals surface area contributed by atoms with Crippen molar-refractivity contribution in [3.05, 3.63) is 103 Å². The van der Waals surface area contributed by atoms with Gasteiger partial charge in [-0.15, -0.1) is 0 Å². The van der Waals surface area contributed by atoms with E-state index < -0.39 is 0 Å². The first-order valence-corrected chi connectivity index (χ1v) is 9.58. The maximum Gasteiger partial charge on any atom is 0.224 e. The molecule has 0 fully saturated rings. The molecular formula is C24H22N4O. The van der Waals surface area contributed by atoms with Gasteiger partial charge in [-0.1, -0.05) is 66.7 Å². The zero-order valence-electron chi connectivity index (χ0n) is 16.2. The second-order valence-corrected chi connectivity index (χ2v) is 6.96. The van der Waals surface area contributed by atoms with Gasteiger partial charge in [-0.05, 0) is 41.3 Å². The molecule has 0 unspecified atom stereocenters. The van der Waals surface area contributed by atoms with Gasteiger partial charge in [-0.25, -0.2) is 9.67 Å². The van der Waals surface area contributed by atoms with E-state index in [-0.39, 0.29) is 11.9 Å². The Bertz CT molecular complexity index is 1060. The Morgan fingerprint density at radius 1 is 0.931 bits per heavy atom. The summed E-state index contributed by atoms with van der Waals surface area (Å²) in [4.78, 5) is 16.4. The van der Waals surface area contributed by atoms with Gasteiger partial charge in [0.15, 0.2) is 0 Å². The highest BCUT2D eigenvalue weighted by atomic mass is 16.1. The van der Waals surface area contributed by atoms with Crippen LogP contribution < -0.4 is 5.32 Å². The Kier molecular flexibility index (Phi) is 5.47. The number of aromatic nitrogens is 3. The molecule has 0 saturated carbocycles. The molecule has 1 N–H and O–H groups in total. The zero-order valence-corrected chi connectivity index (χ0v) is 16.2. The van der Waals surface area contributed by atoms with E-state index in [4.69, 9.17) is 0 Å². The lowest BCUT2D eigenvalue weighted by molar-refractivity contribution is -0.121. The van der Waals surface area contributed by atoms with Crippen molar-refractivity contribution in [2.75, 3.05) is 0 Å². The monoisotopic (exact) mass is 382 g/mol. The van der Waals surface area contributed by atoms with Crippen molar-refractivity contribution < 1.29 is 4.79 Å². The fourth-order valence-electron chi connectivity index (χ4n) is 3.26. The van der Waals surface area contributed by atoms with Crippen molar-refractivity contribution in [2.45, 2.75) is 19.4 Å². The number of benzene rings is 3. The topological polar surface area (TPSA) is 59.8 Å². The van der Waals surface area contributed by atoms with Crippen LogP contribution in [0.1, 0.15) is 24.1 Å². The fourth-order valence-corrected chi connectivity index (χ4v) is 3.26. The van der Waals surface area contributed by atoms with E-state index in [9.17, 15) is 4.79 Å². The number of hydrogen-bond acceptors (Lipinski definition) is 3. The van der Waals surface area contributed by atoms with Gasteiger partial charge in [-0.3, -0.25) is 4.79 Å². The summed E-state index contributed by atoms with van der Waals surface area (Å²) >= 11 is 0. The second kappa shape index (κ2) is 8.52. The van der Waals surface area contributed by atoms with E-state index >= 15 is 0 Å². The number of nitrogens with one attached hydrogen (secondary N) is 1. The van der Waals surface area contributed by atoms with Crippen LogP contribution in [0.5, 0.6) is 0 Å². The minimum absolute atomic E-state index is 0.00492. The molecule has 0 saturated heterocycles. The van der Waals surface area contributed by atoms with Gasteiger partial charge in [0.05, 0.1) is 18.2 Å². The highest BCUT2D eigenvalue weighted by Crippen LogP contribution is 2.20. The summed E-state index contributed by atoms with van der Waals surface area (Å²) in [6, 6.07) is 26.2. The molecule has 4 aromatic rings. The summed E-state index contributed by atoms with van der Waals surface area (Å²) in [5.74, 6) is 0.00492. The summed E-state index contributed by atoms with van der Waals surface area (Å²) in [6.07, 6.45) is 3.52. The Hall–Kier alpha value is -3.73. The predicted octanol–water partition coefficient (Wildman–Crippen LogP) is 4.35. The molecule has 144 valence electrons. The molecule has 4 rings (SSSR count). The number of nitrogens with zero attached hydrogens (tertiary/aromatic N) is 3. The SMILES string of the molecule is C[C@H](NC(=O)Cc1ccc(-c2ccccc2)cc1)c1ccc(-n2cncn2)cc1. The molecule has 1 heterocycles. The van der Waals surface area contributed by atoms with Gasteiger partial charge in [0.2, 0.25) is 5.91 Å². The highest BCUT2D eigenvalue weighted by molar-refractivity contribution is 5.79. The Morgan fingerprint density at radius 2 is 1.62 bits per heavy atom. The zero-order chi connectivity index (χ0) is 20.1. The van der Waals surface area contributed by atoms with E-state index in [0.717, 1.165) is 22.4 Å². The van der Waals surface area contributed by atoms with Gasteiger partial charge < -0.3 is 5.32 Å². The van der Waals surface area contributed by atoms with E-state index in [1.165, 1.54) is 11.9 Å². The number of rotatable bonds is 6. The minimum atomic E-state index is -0.0733. The average Bonchev–Trinajstić information content (AvgIpc) is 3.30. The normalized spacial score (nSPS) is 11.8. The summed E-state index contributed by atoms with van der Waals surface area (Å²) in [5.41, 5.74) is 5.29. The lowest BCUT2D eigenvalue weighted by atomic mass is 10.0. The molecule has 5 heteroatoms. The predicted molar refractivity (Wildman–Crippen MR) is 113 cm³/mol. The van der Waals surface area contributed by atoms with Gasteiger partial charge in [-0.2, -0.15) is 5.10 Å². The summed E-state index contributed by atoms with van der Waals surface area (Å²) in [5, 5.41) is 7.19. The Morgan fingerprint density at radius 3 is 2.28 bits per heavy atom. The van der Waals surface area contributed by atoms with Crippen molar-refractivity contribution in [2.24, 2.45) is 0 Å². The summed E-state index contributed by atoms with van der Waals surface area (Å²) in [6.45, 7) is 1.99. The van der Waals surface area contributed by atoms with E-state index in [0.29, 0.717) is 6.42 Å². The minimum Gasteiger partial charge on any atom is -0.349 e. The molecule has 1 atom stereocenters. The smallest absolute Gasteiger partial charge is 0.224 e. The van der Waals surface area contributed by atoms with Gasteiger partial charge in [0.1, 0.15) is 12.7 Å². The lowest BCUT2D eigenvalue weighted by Gasteiger charge is -2.15. The molecule has 0 bridgehead atoms. The van der Waals surface area contributed by atoms with E-state index in [1.54, 1.807) is 11.0 Å². The van der Waals surface area contributed by atoms with Crippen LogP contribution in [-0.2, 0) is 11.2 Å². The third-order valence-corrected chi connectivity index (χ3v) is 4.88. The fraction of sp³-hybridized carbons (Fsp3) is 0.125. The van der Waals surface area contributed by atoms with Crippen LogP contribution in [0.2, 0.25) is 0 Å². The number of carbonyl (C=O) groups is 1. The third kappa shape index (κ3) is 4.58. The first kappa shape index (κ1) is 18.6. The molecule has 1 aromatic heterocycles. The Labute approximate surface area is 170 Å². The quantitative estimate of drug-likeness (QED) is 0.539. The number of hydrogen-bond donors (Lipinski definition) is 1. The van der Waals surface area contributed by atoms with E-state index in [1.807, 2.05) is 61.5 Å². The standard InChI is InChI=1S/C24H22N4O/c1-18(20-11-13-23(14-12-20)28-17-25-16-26-28)27-24(29)15-19-7-9-22(10-8-19)21-5-3-2-4-6-21/h2-14,16-18H,15H2,1H3,(H,27,29)/t18-/m0/s1. The van der Waals surface area contributed by atoms with Crippen LogP contribution in [0.4, 0.5) is 0 Å². The third-order valence-electron chi connectivity index (χ3n) is 4.88. The molecule has 3 aromatic carbocycles. The van der Waals surface area contributed by atoms with Crippen molar-refractivity contribution >= 4 is 5.91 Å². The van der Waals surface area contributed by atoms with Crippen LogP contribution in [0.25, 0.3) is 16.8 Å². The summed E-state index contributed by atoms with van der Waals surface area (Å²) in [7, 11) is 0. The number of carbonyl (C=O) groups excluding carboxylic acids is 1. The molecule has 0 aliphatic heterocycles. The van der Waals surface area contributed by atoms with Crippen LogP contribution in [0, 0.1) is 0 Å². The van der Waals surface area contributed by atoms with Crippen LogP contribution in [0.3, 0.4) is 0 Å². The van der Waals surface area contributed by atoms with Crippen molar-refractivity contribution in [3.63, 3.8) is 0 Å². The van der Waals surface area contributed by atoms with Crippen LogP contribution in [-0.4, -0.2) is 20.7 Å². The first-order valence-electron chi connectivity index (χ1n) is 9.58. The maximum atomic E-state index is 12.5. The molecule has 0 spiro atoms. The molecule has 5 nitrogen and oxygen atoms in total. The maximum absolute atomic E-state index is 12.5. The first-order chi connectivity index (χ1) is 14.2. The molecule has 29 heavy (non-hydrogen) atoms. The van der Waals surface area contributed by atoms with Crippen molar-refractivity contribution in [1.82, 2.24) is 20.1 Å². The van der Waals surface area contributed by atoms with E-state index in [2.05, 4.69) is 39.7 Å². The molecule has 0 aliphatic carbocycles. The second-order valence-electron chi connectivity index (χ2n) is 6.96. The highest BCUT2D eigenvalue weighted by Gasteiger charge is 2.11. The van der Waals surface area contributed by atoms with Crippen LogP contribution in [0.15, 0.2) is 91.5 Å². The van der Waals surface area contributed by atoms with Crippen molar-refractivity contribution in [1.29, 1.82) is 0 Å². The van der Waals surface area contributed by atoms with Crippen LogP contribution >= 0.6 is 0 Å². The molecule has 0 aliphatic rings. The van der Waals surface area contributed by atoms with Gasteiger partial charge >= 0.3 is 0 Å². The molecule has 1 amide bonds. The molecule has 0 radical (unpaired) electrons.